The highest BCUT2D eigenvalue weighted by molar-refractivity contribution is 5.87. The Morgan fingerprint density at radius 1 is 1.26 bits per heavy atom. The Morgan fingerprint density at radius 3 is 2.61 bits per heavy atom. The Balaban J connectivity index is 1.72. The van der Waals surface area contributed by atoms with Crippen LogP contribution in [0.4, 0.5) is 10.6 Å². The number of carbonyl (C=O) groups is 1. The minimum absolute atomic E-state index is 0.0555. The zero-order valence-corrected chi connectivity index (χ0v) is 14.1. The number of carbonyl (C=O) groups excluding carboxylic acids is 1. The lowest BCUT2D eigenvalue weighted by atomic mass is 9.92. The van der Waals surface area contributed by atoms with Gasteiger partial charge in [0, 0.05) is 25.2 Å². The van der Waals surface area contributed by atoms with Crippen molar-refractivity contribution in [1.29, 1.82) is 0 Å². The summed E-state index contributed by atoms with van der Waals surface area (Å²) in [4.78, 5) is 11.8. The van der Waals surface area contributed by atoms with Gasteiger partial charge in [0.05, 0.1) is 11.9 Å². The first kappa shape index (κ1) is 16.9. The fourth-order valence-corrected chi connectivity index (χ4v) is 2.05. The summed E-state index contributed by atoms with van der Waals surface area (Å²) in [5, 5.41) is 17.8. The highest BCUT2D eigenvalue weighted by Crippen LogP contribution is 2.19. The van der Waals surface area contributed by atoms with Crippen molar-refractivity contribution >= 4 is 11.8 Å². The average Bonchev–Trinajstić information content (AvgIpc) is 2.89. The van der Waals surface area contributed by atoms with Crippen LogP contribution in [0.3, 0.4) is 0 Å². The van der Waals surface area contributed by atoms with Crippen LogP contribution in [0, 0.1) is 0 Å². The molecule has 0 unspecified atom stereocenters. The van der Waals surface area contributed by atoms with Crippen molar-refractivity contribution < 1.29 is 4.79 Å². The van der Waals surface area contributed by atoms with Crippen LogP contribution in [-0.4, -0.2) is 32.6 Å². The molecule has 23 heavy (non-hydrogen) atoms. The molecule has 0 spiro atoms. The van der Waals surface area contributed by atoms with Crippen LogP contribution in [0.1, 0.15) is 38.4 Å². The zero-order chi connectivity index (χ0) is 16.9. The number of nitrogens with one attached hydrogen (secondary N) is 2. The summed E-state index contributed by atoms with van der Waals surface area (Å²) in [5.41, 5.74) is 2.00. The number of rotatable bonds is 5. The van der Waals surface area contributed by atoms with Crippen LogP contribution in [-0.2, 0) is 18.9 Å². The van der Waals surface area contributed by atoms with Gasteiger partial charge in [-0.15, -0.1) is 5.10 Å². The van der Waals surface area contributed by atoms with Gasteiger partial charge in [-0.2, -0.15) is 10.2 Å². The van der Waals surface area contributed by atoms with Crippen molar-refractivity contribution in [3.05, 3.63) is 35.8 Å². The average molecular weight is 316 g/mol. The van der Waals surface area contributed by atoms with Crippen molar-refractivity contribution in [2.24, 2.45) is 7.05 Å². The summed E-state index contributed by atoms with van der Waals surface area (Å²) >= 11 is 0. The van der Waals surface area contributed by atoms with Crippen molar-refractivity contribution in [2.75, 3.05) is 11.9 Å². The molecule has 7 nitrogen and oxygen atoms in total. The van der Waals surface area contributed by atoms with E-state index in [1.54, 1.807) is 10.7 Å². The maximum Gasteiger partial charge on any atom is 0.320 e. The van der Waals surface area contributed by atoms with E-state index in [0.717, 1.165) is 18.5 Å². The molecule has 2 amide bonds. The van der Waals surface area contributed by atoms with Crippen molar-refractivity contribution in [3.8, 4) is 0 Å². The van der Waals surface area contributed by atoms with Gasteiger partial charge in [0.15, 0.2) is 5.82 Å². The van der Waals surface area contributed by atoms with E-state index in [-0.39, 0.29) is 11.4 Å². The van der Waals surface area contributed by atoms with E-state index in [1.807, 2.05) is 25.5 Å². The van der Waals surface area contributed by atoms with Gasteiger partial charge >= 0.3 is 6.03 Å². The number of amides is 2. The summed E-state index contributed by atoms with van der Waals surface area (Å²) in [6, 6.07) is 3.38. The van der Waals surface area contributed by atoms with Crippen LogP contribution in [0.15, 0.2) is 24.5 Å². The normalized spacial score (nSPS) is 11.3. The molecule has 0 aromatic carbocycles. The molecule has 124 valence electrons. The monoisotopic (exact) mass is 316 g/mol. The van der Waals surface area contributed by atoms with E-state index in [2.05, 4.69) is 46.7 Å². The van der Waals surface area contributed by atoms with Crippen molar-refractivity contribution in [1.82, 2.24) is 25.3 Å². The van der Waals surface area contributed by atoms with Gasteiger partial charge in [0.25, 0.3) is 0 Å². The van der Waals surface area contributed by atoms with E-state index >= 15 is 0 Å². The molecule has 2 rings (SSSR count). The lowest BCUT2D eigenvalue weighted by molar-refractivity contribution is 0.252. The number of aromatic nitrogens is 4. The van der Waals surface area contributed by atoms with Crippen LogP contribution in [0.2, 0.25) is 0 Å². The highest BCUT2D eigenvalue weighted by Gasteiger charge is 2.15. The van der Waals surface area contributed by atoms with Crippen LogP contribution in [0.5, 0.6) is 0 Å². The fraction of sp³-hybridized carbons (Fsp3) is 0.500. The topological polar surface area (TPSA) is 84.7 Å². The molecule has 2 heterocycles. The molecule has 0 saturated heterocycles. The molecule has 0 bridgehead atoms. The second-order valence-electron chi connectivity index (χ2n) is 6.56. The molecule has 0 atom stereocenters. The molecular formula is C16H24N6O. The SMILES string of the molecule is Cn1cc(CCCNC(=O)Nc2ccc(C(C)(C)C)nn2)cn1. The van der Waals surface area contributed by atoms with Gasteiger partial charge < -0.3 is 5.32 Å². The summed E-state index contributed by atoms with van der Waals surface area (Å²) in [6.07, 6.45) is 5.56. The molecule has 2 aromatic heterocycles. The second kappa shape index (κ2) is 7.21. The lowest BCUT2D eigenvalue weighted by Gasteiger charge is -2.16. The number of nitrogens with zero attached hydrogens (tertiary/aromatic N) is 4. The zero-order valence-electron chi connectivity index (χ0n) is 14.1. The minimum Gasteiger partial charge on any atom is -0.338 e. The van der Waals surface area contributed by atoms with Gasteiger partial charge in [-0.25, -0.2) is 4.79 Å². The third kappa shape index (κ3) is 5.36. The fourth-order valence-electron chi connectivity index (χ4n) is 2.05. The van der Waals surface area contributed by atoms with E-state index in [9.17, 15) is 4.79 Å². The van der Waals surface area contributed by atoms with E-state index in [4.69, 9.17) is 0 Å². The van der Waals surface area contributed by atoms with Gasteiger partial charge in [-0.3, -0.25) is 10.00 Å². The van der Waals surface area contributed by atoms with Crippen LogP contribution < -0.4 is 10.6 Å². The Morgan fingerprint density at radius 2 is 2.04 bits per heavy atom. The standard InChI is InChI=1S/C16H24N6O/c1-16(2,3)13-7-8-14(21-20-13)19-15(23)17-9-5-6-12-10-18-22(4)11-12/h7-8,10-11H,5-6,9H2,1-4H3,(H2,17,19,21,23). The first-order chi connectivity index (χ1) is 10.8. The van der Waals surface area contributed by atoms with Gasteiger partial charge in [0.2, 0.25) is 0 Å². The number of anilines is 1. The summed E-state index contributed by atoms with van der Waals surface area (Å²) in [7, 11) is 1.89. The summed E-state index contributed by atoms with van der Waals surface area (Å²) < 4.78 is 1.77. The molecule has 7 heteroatoms. The number of urea groups is 1. The lowest BCUT2D eigenvalue weighted by Crippen LogP contribution is -2.30. The van der Waals surface area contributed by atoms with Gasteiger partial charge in [0.1, 0.15) is 0 Å². The molecule has 2 aromatic rings. The molecule has 2 N–H and O–H groups in total. The Bertz CT molecular complexity index is 641. The number of aryl methyl sites for hydroxylation is 2. The quantitative estimate of drug-likeness (QED) is 0.829. The second-order valence-corrected chi connectivity index (χ2v) is 6.56. The molecule has 0 radical (unpaired) electrons. The number of hydrogen-bond acceptors (Lipinski definition) is 4. The summed E-state index contributed by atoms with van der Waals surface area (Å²) in [6.45, 7) is 6.80. The van der Waals surface area contributed by atoms with Crippen LogP contribution >= 0.6 is 0 Å². The molecule has 0 aliphatic carbocycles. The largest absolute Gasteiger partial charge is 0.338 e. The Kier molecular flexibility index (Phi) is 5.31. The maximum absolute atomic E-state index is 11.8. The van der Waals surface area contributed by atoms with Crippen molar-refractivity contribution in [2.45, 2.75) is 39.0 Å². The Labute approximate surface area is 136 Å². The highest BCUT2D eigenvalue weighted by atomic mass is 16.2. The summed E-state index contributed by atoms with van der Waals surface area (Å²) in [5.74, 6) is 0.447. The maximum atomic E-state index is 11.8. The Hall–Kier alpha value is -2.44. The van der Waals surface area contributed by atoms with Gasteiger partial charge in [-0.05, 0) is 30.5 Å². The predicted molar refractivity (Wildman–Crippen MR) is 89.3 cm³/mol. The number of hydrogen-bond donors (Lipinski definition) is 2. The molecule has 0 aliphatic heterocycles. The minimum atomic E-state index is -0.269. The third-order valence-corrected chi connectivity index (χ3v) is 3.36. The van der Waals surface area contributed by atoms with E-state index < -0.39 is 0 Å². The van der Waals surface area contributed by atoms with E-state index in [1.165, 1.54) is 5.56 Å². The van der Waals surface area contributed by atoms with E-state index in [0.29, 0.717) is 12.4 Å². The first-order valence-electron chi connectivity index (χ1n) is 7.71. The molecule has 0 saturated carbocycles. The van der Waals surface area contributed by atoms with Crippen molar-refractivity contribution in [3.63, 3.8) is 0 Å². The third-order valence-electron chi connectivity index (χ3n) is 3.36. The van der Waals surface area contributed by atoms with Gasteiger partial charge in [-0.1, -0.05) is 20.8 Å². The molecule has 0 aliphatic rings. The molecular weight excluding hydrogens is 292 g/mol. The van der Waals surface area contributed by atoms with Crippen LogP contribution in [0.25, 0.3) is 0 Å². The smallest absolute Gasteiger partial charge is 0.320 e. The molecule has 0 fully saturated rings. The predicted octanol–water partition coefficient (Wildman–Crippen LogP) is 2.26. The first-order valence-corrected chi connectivity index (χ1v) is 7.71.